The van der Waals surface area contributed by atoms with Crippen molar-refractivity contribution >= 4 is 26.5 Å². The van der Waals surface area contributed by atoms with Gasteiger partial charge in [-0.05, 0) is 123 Å². The minimum atomic E-state index is -2.58. The Kier molecular flexibility index (Phi) is 10.0. The molecular formula is C47H50FN9O6S. The van der Waals surface area contributed by atoms with Crippen LogP contribution in [0.4, 0.5) is 4.39 Å². The molecule has 1 saturated carbocycles. The number of H-pyrrole nitrogens is 1. The zero-order chi connectivity index (χ0) is 44.8. The quantitative estimate of drug-likeness (QED) is 0.160. The van der Waals surface area contributed by atoms with Gasteiger partial charge in [-0.15, -0.1) is 0 Å². The zero-order valence-corrected chi connectivity index (χ0v) is 37.4. The van der Waals surface area contributed by atoms with E-state index in [-0.39, 0.29) is 17.6 Å². The minimum Gasteiger partial charge on any atom is -0.381 e. The lowest BCUT2D eigenvalue weighted by Crippen LogP contribution is -2.41. The Bertz CT molecular complexity index is 3230. The van der Waals surface area contributed by atoms with Gasteiger partial charge in [0, 0.05) is 72.7 Å². The third-order valence-corrected chi connectivity index (χ3v) is 16.2. The third-order valence-electron chi connectivity index (χ3n) is 13.8. The summed E-state index contributed by atoms with van der Waals surface area (Å²) in [5.41, 5.74) is 4.62. The number of fused-ring (bicyclic) bond motifs is 2. The van der Waals surface area contributed by atoms with Gasteiger partial charge in [-0.2, -0.15) is 5.10 Å². The molecule has 6 heterocycles. The van der Waals surface area contributed by atoms with Crippen molar-refractivity contribution in [2.75, 3.05) is 32.6 Å². The molecule has 2 fully saturated rings. The van der Waals surface area contributed by atoms with Crippen molar-refractivity contribution in [1.29, 1.82) is 0 Å². The first-order chi connectivity index (χ1) is 30.8. The van der Waals surface area contributed by atoms with Crippen LogP contribution >= 0.6 is 0 Å². The van der Waals surface area contributed by atoms with Gasteiger partial charge in [0.05, 0.1) is 32.8 Å². The number of aromatic nitrogens is 7. The number of halogens is 1. The Morgan fingerprint density at radius 2 is 1.69 bits per heavy atom. The maximum atomic E-state index is 15.5. The SMILES string of the molecule is CC[S@@](=O)(=NC)c1ccc(-n2ccn(-c3c4c(nn3-c3cc(C)c(F)c(C)c3)CCN(C(=O)c3cc5cc(C6CCOCC6)ccc5n3[C@@]3(c5noc(=O)[nH]5)C[C@@H]3C)[C@H]4C)c2=O)cc1. The van der Waals surface area contributed by atoms with Crippen molar-refractivity contribution in [3.05, 3.63) is 139 Å². The molecule has 0 spiro atoms. The van der Waals surface area contributed by atoms with E-state index in [0.717, 1.165) is 23.7 Å². The summed E-state index contributed by atoms with van der Waals surface area (Å²) in [5.74, 6) is 0.289. The number of aryl methyl sites for hydroxylation is 2. The lowest BCUT2D eigenvalue weighted by molar-refractivity contribution is 0.0663. The predicted octanol–water partition coefficient (Wildman–Crippen LogP) is 7.11. The number of nitrogens with one attached hydrogen (secondary N) is 1. The largest absolute Gasteiger partial charge is 0.438 e. The number of hydrogen-bond acceptors (Lipinski definition) is 9. The van der Waals surface area contributed by atoms with Gasteiger partial charge < -0.3 is 14.2 Å². The summed E-state index contributed by atoms with van der Waals surface area (Å²) in [6.45, 7) is 11.0. The first-order valence-electron chi connectivity index (χ1n) is 21.8. The molecule has 332 valence electrons. The first-order valence-corrected chi connectivity index (χ1v) is 23.5. The van der Waals surface area contributed by atoms with E-state index in [4.69, 9.17) is 14.4 Å². The van der Waals surface area contributed by atoms with E-state index in [1.807, 2.05) is 29.4 Å². The normalized spacial score (nSPS) is 21.0. The number of hydrogen-bond donors (Lipinski definition) is 1. The Labute approximate surface area is 368 Å². The van der Waals surface area contributed by atoms with E-state index in [0.29, 0.717) is 100 Å². The predicted molar refractivity (Wildman–Crippen MR) is 239 cm³/mol. The van der Waals surface area contributed by atoms with Crippen LogP contribution in [-0.2, 0) is 26.4 Å². The van der Waals surface area contributed by atoms with Gasteiger partial charge in [0.25, 0.3) is 5.91 Å². The molecule has 4 atom stereocenters. The second kappa shape index (κ2) is 15.4. The number of ether oxygens (including phenoxy) is 1. The fourth-order valence-corrected chi connectivity index (χ4v) is 11.5. The zero-order valence-electron chi connectivity index (χ0n) is 36.6. The third kappa shape index (κ3) is 6.45. The Balaban J connectivity index is 1.11. The fourth-order valence-electron chi connectivity index (χ4n) is 10.2. The summed E-state index contributed by atoms with van der Waals surface area (Å²) in [5, 5.41) is 10.2. The van der Waals surface area contributed by atoms with Crippen LogP contribution in [0.5, 0.6) is 0 Å². The Morgan fingerprint density at radius 1 is 0.984 bits per heavy atom. The molecule has 7 aromatic rings. The number of rotatable bonds is 9. The fraction of sp³-hybridized carbons (Fsp3) is 0.383. The highest BCUT2D eigenvalue weighted by molar-refractivity contribution is 7.93. The molecule has 1 amide bonds. The number of carbonyl (C=O) groups excluding carboxylic acids is 1. The molecule has 0 bridgehead atoms. The van der Waals surface area contributed by atoms with Gasteiger partial charge in [-0.25, -0.2) is 27.2 Å². The maximum absolute atomic E-state index is 15.5. The molecular weight excluding hydrogens is 838 g/mol. The highest BCUT2D eigenvalue weighted by atomic mass is 32.2. The number of nitrogens with zero attached hydrogens (tertiary/aromatic N) is 8. The van der Waals surface area contributed by atoms with Crippen LogP contribution in [0.1, 0.15) is 96.3 Å². The Hall–Kier alpha value is -6.33. The van der Waals surface area contributed by atoms with Crippen LogP contribution in [0, 0.1) is 25.6 Å². The van der Waals surface area contributed by atoms with Gasteiger partial charge in [0.15, 0.2) is 5.82 Å². The molecule has 0 unspecified atom stereocenters. The second-order valence-corrected chi connectivity index (χ2v) is 20.1. The molecule has 3 aromatic carbocycles. The second-order valence-electron chi connectivity index (χ2n) is 17.4. The first kappa shape index (κ1) is 41.7. The van der Waals surface area contributed by atoms with E-state index in [1.54, 1.807) is 74.4 Å². The molecule has 1 aliphatic carbocycles. The summed E-state index contributed by atoms with van der Waals surface area (Å²) in [4.78, 5) is 47.7. The van der Waals surface area contributed by atoms with Crippen LogP contribution in [0.15, 0.2) is 96.4 Å². The van der Waals surface area contributed by atoms with Crippen molar-refractivity contribution in [2.45, 2.75) is 82.7 Å². The molecule has 15 nitrogen and oxygen atoms in total. The lowest BCUT2D eigenvalue weighted by atomic mass is 9.91. The summed E-state index contributed by atoms with van der Waals surface area (Å²) >= 11 is 0. The van der Waals surface area contributed by atoms with Gasteiger partial charge in [-0.1, -0.05) is 25.1 Å². The molecule has 1 saturated heterocycles. The van der Waals surface area contributed by atoms with Crippen molar-refractivity contribution < 1.29 is 22.7 Å². The van der Waals surface area contributed by atoms with Gasteiger partial charge in [-0.3, -0.25) is 23.4 Å². The maximum Gasteiger partial charge on any atom is 0.438 e. The van der Waals surface area contributed by atoms with Crippen molar-refractivity contribution in [1.82, 2.24) is 38.5 Å². The van der Waals surface area contributed by atoms with Crippen LogP contribution in [0.2, 0.25) is 0 Å². The van der Waals surface area contributed by atoms with Crippen molar-refractivity contribution in [3.8, 4) is 17.2 Å². The molecule has 1 N–H and O–H groups in total. The monoisotopic (exact) mass is 887 g/mol. The van der Waals surface area contributed by atoms with E-state index in [2.05, 4.69) is 39.6 Å². The molecule has 2 aliphatic heterocycles. The van der Waals surface area contributed by atoms with E-state index in [9.17, 15) is 13.8 Å². The summed E-state index contributed by atoms with van der Waals surface area (Å²) in [6, 6.07) is 18.1. The number of amides is 1. The minimum absolute atomic E-state index is 0.0212. The van der Waals surface area contributed by atoms with E-state index >= 15 is 9.18 Å². The van der Waals surface area contributed by atoms with Gasteiger partial charge in [0.1, 0.15) is 22.9 Å². The van der Waals surface area contributed by atoms with Crippen LogP contribution in [0.25, 0.3) is 28.1 Å². The van der Waals surface area contributed by atoms with E-state index < -0.39 is 32.8 Å². The lowest BCUT2D eigenvalue weighted by Gasteiger charge is -2.34. The molecule has 64 heavy (non-hydrogen) atoms. The van der Waals surface area contributed by atoms with Crippen molar-refractivity contribution in [2.24, 2.45) is 10.3 Å². The molecule has 10 rings (SSSR count). The number of imidazole rings is 1. The standard InChI is InChI=1S/C47H50FN9O6S/c1-7-64(61,49-6)36-11-9-34(10-12-36)54-18-19-55(46(54)60)42-40-30(5)53(17-14-37(40)51-57(42)35-22-27(2)41(48)28(3)23-35)43(58)39-25-33-24-32(31-15-20-62-21-16-31)8-13-38(33)56(39)47(26-29(47)4)44-50-45(59)63-52-44/h8-13,18-19,22-25,29-31H,7,14-17,20-21,26H2,1-6H3,(H,50,52,59)/t29-,30-,47-,64-/m0/s1. The highest BCUT2D eigenvalue weighted by Gasteiger charge is 2.59. The highest BCUT2D eigenvalue weighted by Crippen LogP contribution is 2.56. The average Bonchev–Trinajstić information content (AvgIpc) is 3.80. The average molecular weight is 888 g/mol. The molecule has 17 heteroatoms. The van der Waals surface area contributed by atoms with Crippen LogP contribution < -0.4 is 11.4 Å². The molecule has 3 aliphatic rings. The molecule has 0 radical (unpaired) electrons. The Morgan fingerprint density at radius 3 is 2.33 bits per heavy atom. The van der Waals surface area contributed by atoms with Gasteiger partial charge >= 0.3 is 11.4 Å². The van der Waals surface area contributed by atoms with Gasteiger partial charge in [0.2, 0.25) is 0 Å². The summed E-state index contributed by atoms with van der Waals surface area (Å²) in [6.07, 6.45) is 6.17. The number of carbonyl (C=O) groups is 1. The summed E-state index contributed by atoms with van der Waals surface area (Å²) in [7, 11) is -1.04. The number of aromatic amines is 1. The number of benzene rings is 3. The van der Waals surface area contributed by atoms with Crippen LogP contribution in [-0.4, -0.2) is 81.2 Å². The van der Waals surface area contributed by atoms with Crippen LogP contribution in [0.3, 0.4) is 0 Å². The smallest absolute Gasteiger partial charge is 0.381 e. The van der Waals surface area contributed by atoms with E-state index in [1.165, 1.54) is 14.7 Å². The topological polar surface area (TPSA) is 168 Å². The summed E-state index contributed by atoms with van der Waals surface area (Å²) < 4.78 is 50.0. The van der Waals surface area contributed by atoms with Crippen molar-refractivity contribution in [3.63, 3.8) is 0 Å². The molecule has 4 aromatic heterocycles.